The summed E-state index contributed by atoms with van der Waals surface area (Å²) in [5, 5.41) is 7.22. The van der Waals surface area contributed by atoms with Crippen molar-refractivity contribution < 1.29 is 4.42 Å². The molecule has 0 amide bonds. The first-order chi connectivity index (χ1) is 21.3. The van der Waals surface area contributed by atoms with Gasteiger partial charge >= 0.3 is 0 Å². The lowest BCUT2D eigenvalue weighted by atomic mass is 9.94. The van der Waals surface area contributed by atoms with E-state index in [1.54, 1.807) is 0 Å². The van der Waals surface area contributed by atoms with Gasteiger partial charge in [-0.05, 0) is 70.4 Å². The van der Waals surface area contributed by atoms with Gasteiger partial charge in [0.05, 0.1) is 16.8 Å². The minimum atomic E-state index is 0.881. The lowest BCUT2D eigenvalue weighted by Gasteiger charge is -2.27. The highest BCUT2D eigenvalue weighted by Gasteiger charge is 2.23. The van der Waals surface area contributed by atoms with Crippen LogP contribution in [0.4, 0.5) is 17.1 Å². The second-order valence-corrected chi connectivity index (χ2v) is 12.0. The van der Waals surface area contributed by atoms with Crippen molar-refractivity contribution in [2.45, 2.75) is 0 Å². The van der Waals surface area contributed by atoms with Crippen molar-refractivity contribution in [3.05, 3.63) is 152 Å². The van der Waals surface area contributed by atoms with Gasteiger partial charge in [0.1, 0.15) is 11.2 Å². The van der Waals surface area contributed by atoms with Gasteiger partial charge in [-0.3, -0.25) is 0 Å². The first-order valence-electron chi connectivity index (χ1n) is 14.5. The molecule has 43 heavy (non-hydrogen) atoms. The molecule has 0 bridgehead atoms. The van der Waals surface area contributed by atoms with Crippen LogP contribution in [0.15, 0.2) is 156 Å². The maximum absolute atomic E-state index is 6.70. The van der Waals surface area contributed by atoms with Gasteiger partial charge in [-0.1, -0.05) is 103 Å². The lowest BCUT2D eigenvalue weighted by Crippen LogP contribution is -2.10. The van der Waals surface area contributed by atoms with Gasteiger partial charge in [-0.15, -0.1) is 11.3 Å². The van der Waals surface area contributed by atoms with Crippen molar-refractivity contribution in [3.8, 4) is 11.1 Å². The molecular weight excluding hydrogens is 543 g/mol. The van der Waals surface area contributed by atoms with Crippen molar-refractivity contribution in [3.63, 3.8) is 0 Å². The van der Waals surface area contributed by atoms with E-state index < -0.39 is 0 Å². The maximum Gasteiger partial charge on any atom is 0.137 e. The van der Waals surface area contributed by atoms with Crippen LogP contribution in [0, 0.1) is 0 Å². The van der Waals surface area contributed by atoms with Crippen LogP contribution < -0.4 is 4.90 Å². The molecule has 0 aliphatic heterocycles. The predicted molar refractivity (Wildman–Crippen MR) is 184 cm³/mol. The number of nitrogens with zero attached hydrogens (tertiary/aromatic N) is 1. The molecule has 0 aliphatic carbocycles. The SMILES string of the molecule is c1ccc(-c2cc3oc4cccc(N(c5ccccc5)c5cccc6sc7ccccc7c56)c4c3c3ccccc23)cc1. The molecule has 0 aliphatic rings. The first-order valence-corrected chi connectivity index (χ1v) is 15.3. The first kappa shape index (κ1) is 24.2. The van der Waals surface area contributed by atoms with E-state index in [1.807, 2.05) is 11.3 Å². The Bertz CT molecular complexity index is 2460. The number of hydrogen-bond donors (Lipinski definition) is 0. The van der Waals surface area contributed by atoms with Gasteiger partial charge in [0.15, 0.2) is 0 Å². The smallest absolute Gasteiger partial charge is 0.137 e. The van der Waals surface area contributed by atoms with Crippen molar-refractivity contribution in [1.82, 2.24) is 0 Å². The normalized spacial score (nSPS) is 11.7. The van der Waals surface area contributed by atoms with Crippen LogP contribution in [0.3, 0.4) is 0 Å². The van der Waals surface area contributed by atoms with Crippen molar-refractivity contribution in [2.24, 2.45) is 0 Å². The highest BCUT2D eigenvalue weighted by Crippen LogP contribution is 2.49. The number of thiophene rings is 1. The number of para-hydroxylation sites is 1. The molecule has 2 aromatic heterocycles. The zero-order valence-electron chi connectivity index (χ0n) is 23.2. The van der Waals surface area contributed by atoms with E-state index in [-0.39, 0.29) is 0 Å². The summed E-state index contributed by atoms with van der Waals surface area (Å²) < 4.78 is 9.28. The average Bonchev–Trinajstić information content (AvgIpc) is 3.65. The van der Waals surface area contributed by atoms with Gasteiger partial charge < -0.3 is 9.32 Å². The number of rotatable bonds is 4. The maximum atomic E-state index is 6.70. The highest BCUT2D eigenvalue weighted by atomic mass is 32.1. The molecule has 9 aromatic rings. The Labute approximate surface area is 252 Å². The number of anilines is 3. The summed E-state index contributed by atoms with van der Waals surface area (Å²) in [5.74, 6) is 0. The van der Waals surface area contributed by atoms with Crippen LogP contribution in [-0.2, 0) is 0 Å². The fraction of sp³-hybridized carbons (Fsp3) is 0. The predicted octanol–water partition coefficient (Wildman–Crippen LogP) is 12.2. The molecule has 0 N–H and O–H groups in total. The Morgan fingerprint density at radius 1 is 0.442 bits per heavy atom. The van der Waals surface area contributed by atoms with E-state index >= 15 is 0 Å². The molecule has 9 rings (SSSR count). The molecule has 2 heterocycles. The van der Waals surface area contributed by atoms with Crippen LogP contribution in [0.5, 0.6) is 0 Å². The van der Waals surface area contributed by atoms with Crippen LogP contribution in [0.25, 0.3) is 64.0 Å². The van der Waals surface area contributed by atoms with Crippen LogP contribution in [-0.4, -0.2) is 0 Å². The summed E-state index contributed by atoms with van der Waals surface area (Å²) in [6, 6.07) is 54.1. The van der Waals surface area contributed by atoms with E-state index in [4.69, 9.17) is 4.42 Å². The third kappa shape index (κ3) is 3.72. The van der Waals surface area contributed by atoms with Crippen LogP contribution in [0.2, 0.25) is 0 Å². The Hall–Kier alpha value is -5.38. The fourth-order valence-electron chi connectivity index (χ4n) is 6.63. The Balaban J connectivity index is 1.41. The molecule has 7 aromatic carbocycles. The Morgan fingerprint density at radius 2 is 1.07 bits per heavy atom. The van der Waals surface area contributed by atoms with E-state index in [1.165, 1.54) is 42.1 Å². The summed E-state index contributed by atoms with van der Waals surface area (Å²) in [5.41, 5.74) is 7.51. The summed E-state index contributed by atoms with van der Waals surface area (Å²) in [4.78, 5) is 2.42. The standard InChI is InChI=1S/C40H25NOS/c1-3-13-26(14-4-1)31-25-35-39(29-18-8-7-17-28(29)31)40-33(20-11-22-34(40)42-35)41(27-15-5-2-6-16-27)32-21-12-24-37-38(32)30-19-9-10-23-36(30)43-37/h1-25H. The summed E-state index contributed by atoms with van der Waals surface area (Å²) >= 11 is 1.85. The van der Waals surface area contributed by atoms with Crippen molar-refractivity contribution >= 4 is 81.3 Å². The number of furan rings is 1. The second kappa shape index (κ2) is 9.59. The molecule has 0 atom stereocenters. The Morgan fingerprint density at radius 3 is 1.88 bits per heavy atom. The number of hydrogen-bond acceptors (Lipinski definition) is 3. The zero-order chi connectivity index (χ0) is 28.3. The quantitative estimate of drug-likeness (QED) is 0.210. The molecule has 0 spiro atoms. The van der Waals surface area contributed by atoms with Gasteiger partial charge in [0.25, 0.3) is 0 Å². The molecule has 3 heteroatoms. The van der Waals surface area contributed by atoms with E-state index in [0.717, 1.165) is 39.0 Å². The van der Waals surface area contributed by atoms with E-state index in [9.17, 15) is 0 Å². The van der Waals surface area contributed by atoms with Gasteiger partial charge in [-0.25, -0.2) is 0 Å². The van der Waals surface area contributed by atoms with Gasteiger partial charge in [-0.2, -0.15) is 0 Å². The fourth-order valence-corrected chi connectivity index (χ4v) is 7.76. The molecular formula is C40H25NOS. The van der Waals surface area contributed by atoms with Gasteiger partial charge in [0.2, 0.25) is 0 Å². The second-order valence-electron chi connectivity index (χ2n) is 10.9. The third-order valence-corrected chi connectivity index (χ3v) is 9.58. The van der Waals surface area contributed by atoms with Crippen LogP contribution in [0.1, 0.15) is 0 Å². The van der Waals surface area contributed by atoms with E-state index in [2.05, 4.69) is 157 Å². The monoisotopic (exact) mass is 567 g/mol. The summed E-state index contributed by atoms with van der Waals surface area (Å²) in [7, 11) is 0. The lowest BCUT2D eigenvalue weighted by molar-refractivity contribution is 0.669. The Kier molecular flexibility index (Phi) is 5.40. The topological polar surface area (TPSA) is 16.4 Å². The zero-order valence-corrected chi connectivity index (χ0v) is 24.0. The molecule has 0 saturated heterocycles. The largest absolute Gasteiger partial charge is 0.456 e. The number of benzene rings is 7. The summed E-state index contributed by atoms with van der Waals surface area (Å²) in [6.45, 7) is 0. The van der Waals surface area contributed by atoms with E-state index in [0.29, 0.717) is 0 Å². The van der Waals surface area contributed by atoms with Crippen LogP contribution >= 0.6 is 11.3 Å². The molecule has 2 nitrogen and oxygen atoms in total. The third-order valence-electron chi connectivity index (χ3n) is 8.44. The minimum Gasteiger partial charge on any atom is -0.456 e. The van der Waals surface area contributed by atoms with Crippen molar-refractivity contribution in [2.75, 3.05) is 4.90 Å². The van der Waals surface area contributed by atoms with Crippen molar-refractivity contribution in [1.29, 1.82) is 0 Å². The molecule has 0 saturated carbocycles. The molecule has 202 valence electrons. The molecule has 0 radical (unpaired) electrons. The molecule has 0 fully saturated rings. The highest BCUT2D eigenvalue weighted by molar-refractivity contribution is 7.26. The van der Waals surface area contributed by atoms with Gasteiger partial charge in [0, 0.05) is 31.2 Å². The summed E-state index contributed by atoms with van der Waals surface area (Å²) in [6.07, 6.45) is 0. The number of fused-ring (bicyclic) bond motifs is 8. The molecule has 0 unspecified atom stereocenters. The average molecular weight is 568 g/mol. The minimum absolute atomic E-state index is 0.881.